The van der Waals surface area contributed by atoms with Crippen molar-refractivity contribution in [2.24, 2.45) is 5.73 Å². The first-order valence-corrected chi connectivity index (χ1v) is 10.3. The van der Waals surface area contributed by atoms with Gasteiger partial charge in [-0.05, 0) is 37.1 Å². The summed E-state index contributed by atoms with van der Waals surface area (Å²) in [6.07, 6.45) is 5.44. The Hall–Kier alpha value is -3.24. The molecule has 1 saturated carbocycles. The van der Waals surface area contributed by atoms with Crippen molar-refractivity contribution in [3.63, 3.8) is 0 Å². The van der Waals surface area contributed by atoms with Crippen molar-refractivity contribution in [1.82, 2.24) is 15.0 Å². The van der Waals surface area contributed by atoms with Crippen LogP contribution in [0.2, 0.25) is 0 Å². The van der Waals surface area contributed by atoms with Gasteiger partial charge < -0.3 is 10.5 Å². The Balaban J connectivity index is 1.55. The maximum Gasteiger partial charge on any atom is 0.277 e. The molecule has 1 aromatic carbocycles. The lowest BCUT2D eigenvalue weighted by Crippen LogP contribution is -2.10. The van der Waals surface area contributed by atoms with E-state index in [-0.39, 0.29) is 11.3 Å². The van der Waals surface area contributed by atoms with E-state index in [0.717, 1.165) is 46.1 Å². The lowest BCUT2D eigenvalue weighted by Gasteiger charge is -2.09. The van der Waals surface area contributed by atoms with Crippen LogP contribution >= 0.6 is 11.3 Å². The second-order valence-corrected chi connectivity index (χ2v) is 8.45. The zero-order valence-electron chi connectivity index (χ0n) is 15.8. The molecule has 5 rings (SSSR count). The van der Waals surface area contributed by atoms with E-state index in [4.69, 9.17) is 10.5 Å². The normalized spacial score (nSPS) is 18.3. The first kappa shape index (κ1) is 17.8. The molecule has 0 saturated heterocycles. The van der Waals surface area contributed by atoms with Gasteiger partial charge in [-0.1, -0.05) is 18.8 Å². The average molecular weight is 402 g/mol. The summed E-state index contributed by atoms with van der Waals surface area (Å²) in [6, 6.07) is 7.66. The number of thiazole rings is 1. The van der Waals surface area contributed by atoms with Gasteiger partial charge in [-0.2, -0.15) is 0 Å². The minimum Gasteiger partial charge on any atom is -0.492 e. The van der Waals surface area contributed by atoms with Crippen LogP contribution in [0.5, 0.6) is 5.75 Å². The number of hydrogen-bond donors (Lipinski definition) is 1. The van der Waals surface area contributed by atoms with Crippen molar-refractivity contribution >= 4 is 17.2 Å². The maximum atomic E-state index is 11.6. The Morgan fingerprint density at radius 1 is 1.31 bits per heavy atom. The topological polar surface area (TPSA) is 91.0 Å². The zero-order chi connectivity index (χ0) is 20.0. The number of benzene rings is 1. The molecule has 1 fully saturated rings. The predicted molar refractivity (Wildman–Crippen MR) is 110 cm³/mol. The summed E-state index contributed by atoms with van der Waals surface area (Å²) < 4.78 is 5.97. The molecule has 2 aliphatic rings. The summed E-state index contributed by atoms with van der Waals surface area (Å²) >= 11 is 1.34. The second kappa shape index (κ2) is 6.68. The van der Waals surface area contributed by atoms with Gasteiger partial charge >= 0.3 is 0 Å². The predicted octanol–water partition coefficient (Wildman–Crippen LogP) is 3.28. The summed E-state index contributed by atoms with van der Waals surface area (Å²) in [4.78, 5) is 25.9. The minimum atomic E-state index is -0.507. The Kier molecular flexibility index (Phi) is 4.10. The third-order valence-corrected chi connectivity index (χ3v) is 6.53. The minimum absolute atomic E-state index is 0.127. The molecule has 3 heterocycles. The number of nitrogens with zero attached hydrogens (tertiary/aromatic N) is 3. The largest absolute Gasteiger partial charge is 0.492 e. The highest BCUT2D eigenvalue weighted by Crippen LogP contribution is 2.46. The van der Waals surface area contributed by atoms with Gasteiger partial charge in [0.2, 0.25) is 0 Å². The molecule has 3 aromatic rings. The first-order valence-electron chi connectivity index (χ1n) is 9.44. The summed E-state index contributed by atoms with van der Waals surface area (Å²) in [5.74, 6) is 7.81. The monoisotopic (exact) mass is 402 g/mol. The van der Waals surface area contributed by atoms with Gasteiger partial charge in [0.1, 0.15) is 11.6 Å². The molecule has 2 N–H and O–H groups in total. The Bertz CT molecular complexity index is 1170. The van der Waals surface area contributed by atoms with Gasteiger partial charge in [0.15, 0.2) is 5.01 Å². The third kappa shape index (κ3) is 3.15. The number of aromatic nitrogens is 3. The molecule has 1 amide bonds. The van der Waals surface area contributed by atoms with Gasteiger partial charge in [-0.3, -0.25) is 4.79 Å². The van der Waals surface area contributed by atoms with Crippen molar-refractivity contribution in [2.45, 2.75) is 31.1 Å². The number of hydrogen-bond acceptors (Lipinski definition) is 6. The number of rotatable bonds is 2. The standard InChI is InChI=1S/C22H18N4O2S/c1-13-12-28-16-4-3-14(5-6-22(7-8-22)21-24-9-2-10-25-21)11-15(16)17-18(13)29-20(26-17)19(23)27/h2-4,9-11,13H,7-8,12H2,1H3,(H2,23,27). The number of carbonyl (C=O) groups excluding carboxylic acids is 1. The van der Waals surface area contributed by atoms with Crippen molar-refractivity contribution in [3.8, 4) is 28.8 Å². The van der Waals surface area contributed by atoms with E-state index >= 15 is 0 Å². The van der Waals surface area contributed by atoms with Crippen molar-refractivity contribution in [1.29, 1.82) is 0 Å². The molecule has 0 radical (unpaired) electrons. The van der Waals surface area contributed by atoms with E-state index in [0.29, 0.717) is 11.6 Å². The quantitative estimate of drug-likeness (QED) is 0.664. The average Bonchev–Trinajstić information content (AvgIpc) is 3.43. The summed E-state index contributed by atoms with van der Waals surface area (Å²) in [5.41, 5.74) is 7.69. The fourth-order valence-electron chi connectivity index (χ4n) is 3.44. The van der Waals surface area contributed by atoms with Gasteiger partial charge in [0.05, 0.1) is 17.7 Å². The number of carbonyl (C=O) groups is 1. The molecular formula is C22H18N4O2S. The number of primary amides is 1. The summed E-state index contributed by atoms with van der Waals surface area (Å²) in [6.45, 7) is 2.59. The number of fused-ring (bicyclic) bond motifs is 3. The van der Waals surface area contributed by atoms with Gasteiger partial charge in [-0.15, -0.1) is 11.3 Å². The molecule has 0 bridgehead atoms. The number of amides is 1. The lowest BCUT2D eigenvalue weighted by molar-refractivity contribution is 0.1000. The first-order chi connectivity index (χ1) is 14.1. The fraction of sp³-hybridized carbons (Fsp3) is 0.273. The van der Waals surface area contributed by atoms with E-state index in [1.165, 1.54) is 11.3 Å². The molecule has 0 spiro atoms. The molecular weight excluding hydrogens is 384 g/mol. The number of nitrogens with two attached hydrogens (primary N) is 1. The van der Waals surface area contributed by atoms with E-state index in [9.17, 15) is 4.79 Å². The van der Waals surface area contributed by atoms with Crippen LogP contribution in [-0.4, -0.2) is 27.5 Å². The smallest absolute Gasteiger partial charge is 0.277 e. The molecule has 7 heteroatoms. The van der Waals surface area contributed by atoms with E-state index in [1.54, 1.807) is 12.4 Å². The lowest BCUT2D eigenvalue weighted by atomic mass is 10.0. The number of ether oxygens (including phenoxy) is 1. The van der Waals surface area contributed by atoms with Crippen LogP contribution in [0, 0.1) is 11.8 Å². The van der Waals surface area contributed by atoms with Gasteiger partial charge in [-0.25, -0.2) is 15.0 Å². The highest BCUT2D eigenvalue weighted by molar-refractivity contribution is 7.14. The highest BCUT2D eigenvalue weighted by Gasteiger charge is 2.45. The third-order valence-electron chi connectivity index (χ3n) is 5.23. The maximum absolute atomic E-state index is 11.6. The van der Waals surface area contributed by atoms with Gasteiger partial charge in [0, 0.05) is 34.3 Å². The Labute approximate surface area is 172 Å². The van der Waals surface area contributed by atoms with Crippen molar-refractivity contribution < 1.29 is 9.53 Å². The molecule has 29 heavy (non-hydrogen) atoms. The molecule has 1 aliphatic heterocycles. The van der Waals surface area contributed by atoms with Crippen molar-refractivity contribution in [2.75, 3.05) is 6.61 Å². The summed E-state index contributed by atoms with van der Waals surface area (Å²) in [5, 5.41) is 0.323. The fourth-order valence-corrected chi connectivity index (χ4v) is 4.41. The summed E-state index contributed by atoms with van der Waals surface area (Å²) in [7, 11) is 0. The zero-order valence-corrected chi connectivity index (χ0v) is 16.6. The Morgan fingerprint density at radius 2 is 2.10 bits per heavy atom. The van der Waals surface area contributed by atoms with Crippen LogP contribution in [0.3, 0.4) is 0 Å². The van der Waals surface area contributed by atoms with E-state index in [1.807, 2.05) is 24.3 Å². The molecule has 1 unspecified atom stereocenters. The molecule has 2 aromatic heterocycles. The van der Waals surface area contributed by atoms with Crippen LogP contribution in [0.25, 0.3) is 11.3 Å². The van der Waals surface area contributed by atoms with Crippen LogP contribution < -0.4 is 10.5 Å². The molecule has 144 valence electrons. The van der Waals surface area contributed by atoms with Crippen LogP contribution in [0.15, 0.2) is 36.7 Å². The molecule has 6 nitrogen and oxygen atoms in total. The van der Waals surface area contributed by atoms with E-state index in [2.05, 4.69) is 33.7 Å². The highest BCUT2D eigenvalue weighted by atomic mass is 32.1. The molecule has 1 aliphatic carbocycles. The SMILES string of the molecule is CC1COc2ccc(C#CC3(c4ncccn4)CC3)cc2-c2nc(C(N)=O)sc21. The van der Waals surface area contributed by atoms with Crippen LogP contribution in [-0.2, 0) is 5.41 Å². The van der Waals surface area contributed by atoms with Crippen LogP contribution in [0.4, 0.5) is 0 Å². The Morgan fingerprint density at radius 3 is 2.83 bits per heavy atom. The van der Waals surface area contributed by atoms with Crippen LogP contribution in [0.1, 0.15) is 51.8 Å². The molecule has 1 atom stereocenters. The second-order valence-electron chi connectivity index (χ2n) is 7.42. The van der Waals surface area contributed by atoms with Gasteiger partial charge in [0.25, 0.3) is 5.91 Å². The van der Waals surface area contributed by atoms with E-state index < -0.39 is 5.91 Å². The van der Waals surface area contributed by atoms with Crippen molar-refractivity contribution in [3.05, 3.63) is 57.9 Å².